The van der Waals surface area contributed by atoms with E-state index in [2.05, 4.69) is 0 Å². The van der Waals surface area contributed by atoms with Crippen LogP contribution in [0, 0.1) is 0 Å². The monoisotopic (exact) mass is 167 g/mol. The van der Waals surface area contributed by atoms with Gasteiger partial charge in [-0.2, -0.15) is 0 Å². The molecule has 0 rings (SSSR count). The molecule has 0 spiro atoms. The average Bonchev–Trinajstić information content (AvgIpc) is 0.811. The molecule has 0 atom stereocenters. The molecule has 4 heteroatoms. The van der Waals surface area contributed by atoms with Crippen molar-refractivity contribution in [2.24, 2.45) is 0 Å². The molecule has 0 saturated carbocycles. The summed E-state index contributed by atoms with van der Waals surface area (Å²) < 4.78 is 17.9. The summed E-state index contributed by atoms with van der Waals surface area (Å²) in [5.41, 5.74) is 0. The summed E-state index contributed by atoms with van der Waals surface area (Å²) in [7, 11) is -1.97. The van der Waals surface area contributed by atoms with Crippen molar-refractivity contribution in [2.45, 2.75) is 0 Å². The molecular formula is O2RhS. The van der Waals surface area contributed by atoms with Gasteiger partial charge in [0.25, 0.3) is 0 Å². The molecule has 2 nitrogen and oxygen atoms in total. The summed E-state index contributed by atoms with van der Waals surface area (Å²) >= 11 is 1.73. The Bertz CT molecular complexity index is 75.4. The second kappa shape index (κ2) is 1.73. The normalized spacial score (nSPS) is 6.25. The Hall–Kier alpha value is 0.443. The Morgan fingerprint density at radius 3 is 1.50 bits per heavy atom. The predicted molar refractivity (Wildman–Crippen MR) is 8.92 cm³/mol. The summed E-state index contributed by atoms with van der Waals surface area (Å²) in [6.45, 7) is 0. The van der Waals surface area contributed by atoms with Crippen LogP contribution in [0.2, 0.25) is 0 Å². The molecule has 0 aromatic rings. The molecule has 4 heavy (non-hydrogen) atoms. The molecule has 0 saturated heterocycles. The zero-order valence-corrected chi connectivity index (χ0v) is 4.01. The van der Waals surface area contributed by atoms with Gasteiger partial charge in [-0.1, -0.05) is 0 Å². The van der Waals surface area contributed by atoms with Crippen molar-refractivity contribution >= 4 is 8.19 Å². The van der Waals surface area contributed by atoms with E-state index in [-0.39, 0.29) is 0 Å². The van der Waals surface area contributed by atoms with E-state index in [1.54, 1.807) is 16.6 Å². The van der Waals surface area contributed by atoms with Crippen molar-refractivity contribution < 1.29 is 25.0 Å². The van der Waals surface area contributed by atoms with Crippen LogP contribution in [0.1, 0.15) is 0 Å². The van der Waals surface area contributed by atoms with Crippen LogP contribution in [0.3, 0.4) is 0 Å². The Balaban J connectivity index is 4.65. The zero-order valence-electron chi connectivity index (χ0n) is 1.56. The molecule has 0 aliphatic rings. The predicted octanol–water partition coefficient (Wildman–Crippen LogP) is -0.673. The quantitative estimate of drug-likeness (QED) is 0.448. The standard InChI is InChI=1S/O2S.Rh/c1-3-2;. The van der Waals surface area contributed by atoms with Gasteiger partial charge in [0.2, 0.25) is 0 Å². The Morgan fingerprint density at radius 2 is 1.50 bits per heavy atom. The maximum atomic E-state index is 8.95. The van der Waals surface area contributed by atoms with Gasteiger partial charge in [-0.3, -0.25) is 0 Å². The van der Waals surface area contributed by atoms with Gasteiger partial charge in [-0.05, 0) is 0 Å². The van der Waals surface area contributed by atoms with Crippen LogP contribution in [-0.2, 0) is 24.7 Å². The minimum absolute atomic E-state index is 1.73. The van der Waals surface area contributed by atoms with Gasteiger partial charge in [0, 0.05) is 0 Å². The molecule has 0 bridgehead atoms. The third-order valence-corrected chi connectivity index (χ3v) is 0. The molecule has 0 aromatic carbocycles. The van der Waals surface area contributed by atoms with Crippen molar-refractivity contribution in [3.8, 4) is 0 Å². The van der Waals surface area contributed by atoms with E-state index in [0.29, 0.717) is 0 Å². The summed E-state index contributed by atoms with van der Waals surface area (Å²) in [4.78, 5) is 0. The Kier molecular flexibility index (Phi) is 1.93. The van der Waals surface area contributed by atoms with Crippen LogP contribution in [-0.4, -0.2) is 8.42 Å². The fourth-order valence-corrected chi connectivity index (χ4v) is 0. The molecule has 0 aliphatic carbocycles. The van der Waals surface area contributed by atoms with Crippen LogP contribution < -0.4 is 0 Å². The molecule has 0 fully saturated rings. The SMILES string of the molecule is O=[S](=O)=[Rh]. The van der Waals surface area contributed by atoms with Crippen LogP contribution in [0.15, 0.2) is 0 Å². The van der Waals surface area contributed by atoms with E-state index in [1.807, 2.05) is 0 Å². The van der Waals surface area contributed by atoms with Gasteiger partial charge < -0.3 is 0 Å². The topological polar surface area (TPSA) is 34.1 Å². The second-order valence-corrected chi connectivity index (χ2v) is 2.18. The third kappa shape index (κ3) is 25.9. The first-order valence-electron chi connectivity index (χ1n) is 0.469. The summed E-state index contributed by atoms with van der Waals surface area (Å²) in [5, 5.41) is 0. The van der Waals surface area contributed by atoms with Gasteiger partial charge in [-0.25, -0.2) is 0 Å². The molecule has 0 N–H and O–H groups in total. The summed E-state index contributed by atoms with van der Waals surface area (Å²) in [5.74, 6) is 0. The molecule has 0 heterocycles. The van der Waals surface area contributed by atoms with E-state index >= 15 is 0 Å². The van der Waals surface area contributed by atoms with Gasteiger partial charge in [0.1, 0.15) is 0 Å². The number of hydrogen-bond acceptors (Lipinski definition) is 2. The first kappa shape index (κ1) is 4.44. The van der Waals surface area contributed by atoms with Gasteiger partial charge >= 0.3 is 33.2 Å². The molecule has 0 radical (unpaired) electrons. The van der Waals surface area contributed by atoms with Crippen molar-refractivity contribution in [2.75, 3.05) is 0 Å². The Morgan fingerprint density at radius 1 is 1.50 bits per heavy atom. The summed E-state index contributed by atoms with van der Waals surface area (Å²) in [6, 6.07) is 0. The average molecular weight is 167 g/mol. The van der Waals surface area contributed by atoms with Crippen LogP contribution in [0.5, 0.6) is 0 Å². The fraction of sp³-hybridized carbons (Fsp3) is 0. The van der Waals surface area contributed by atoms with Crippen LogP contribution in [0.4, 0.5) is 0 Å². The van der Waals surface area contributed by atoms with E-state index in [0.717, 1.165) is 0 Å². The number of hydrogen-bond donors (Lipinski definition) is 0. The minimum atomic E-state index is -1.97. The van der Waals surface area contributed by atoms with Gasteiger partial charge in [0.15, 0.2) is 0 Å². The van der Waals surface area contributed by atoms with Crippen molar-refractivity contribution in [3.05, 3.63) is 0 Å². The van der Waals surface area contributed by atoms with E-state index in [4.69, 9.17) is 8.42 Å². The molecular weight excluding hydrogens is 167 g/mol. The van der Waals surface area contributed by atoms with Crippen molar-refractivity contribution in [1.82, 2.24) is 0 Å². The zero-order chi connectivity index (χ0) is 3.58. The second-order valence-electron chi connectivity index (χ2n) is 0.179. The van der Waals surface area contributed by atoms with E-state index in [1.165, 1.54) is 0 Å². The van der Waals surface area contributed by atoms with Crippen molar-refractivity contribution in [3.63, 3.8) is 0 Å². The first-order valence-corrected chi connectivity index (χ1v) is 3.42. The van der Waals surface area contributed by atoms with Crippen molar-refractivity contribution in [1.29, 1.82) is 0 Å². The maximum absolute atomic E-state index is 8.95. The van der Waals surface area contributed by atoms with Gasteiger partial charge in [-0.15, -0.1) is 0 Å². The van der Waals surface area contributed by atoms with Gasteiger partial charge in [0.05, 0.1) is 0 Å². The third-order valence-electron chi connectivity index (χ3n) is 0. The van der Waals surface area contributed by atoms with E-state index < -0.39 is 8.19 Å². The van der Waals surface area contributed by atoms with Crippen LogP contribution in [0.25, 0.3) is 0 Å². The van der Waals surface area contributed by atoms with E-state index in [9.17, 15) is 0 Å². The molecule has 0 amide bonds. The molecule has 27 valence electrons. The first-order chi connectivity index (χ1) is 1.73. The fourth-order valence-electron chi connectivity index (χ4n) is 0. The molecule has 0 aromatic heterocycles. The Labute approximate surface area is 33.6 Å². The summed E-state index contributed by atoms with van der Waals surface area (Å²) in [6.07, 6.45) is 0. The molecule has 0 unspecified atom stereocenters. The number of rotatable bonds is 0. The van der Waals surface area contributed by atoms with Crippen LogP contribution >= 0.6 is 0 Å². The molecule has 0 aliphatic heterocycles.